The van der Waals surface area contributed by atoms with Crippen LogP contribution in [0.4, 0.5) is 0 Å². The highest BCUT2D eigenvalue weighted by Crippen LogP contribution is 2.23. The Bertz CT molecular complexity index is 453. The highest BCUT2D eigenvalue weighted by Gasteiger charge is 2.21. The van der Waals surface area contributed by atoms with E-state index < -0.39 is 0 Å². The van der Waals surface area contributed by atoms with Gasteiger partial charge in [0.1, 0.15) is 5.75 Å². The fourth-order valence-electron chi connectivity index (χ4n) is 2.88. The Morgan fingerprint density at radius 2 is 2.10 bits per heavy atom. The van der Waals surface area contributed by atoms with Crippen molar-refractivity contribution in [3.05, 3.63) is 29.8 Å². The summed E-state index contributed by atoms with van der Waals surface area (Å²) in [6.45, 7) is 0.274. The van der Waals surface area contributed by atoms with Gasteiger partial charge in [-0.25, -0.2) is 0 Å². The molecule has 0 spiro atoms. The number of aryl methyl sites for hydroxylation is 1. The molecule has 0 bridgehead atoms. The zero-order chi connectivity index (χ0) is 15.1. The molecule has 0 radical (unpaired) electrons. The Morgan fingerprint density at radius 3 is 2.76 bits per heavy atom. The average Bonchev–Trinajstić information content (AvgIpc) is 2.54. The summed E-state index contributed by atoms with van der Waals surface area (Å²) in [7, 11) is 1.65. The molecular weight excluding hydrogens is 266 g/mol. The summed E-state index contributed by atoms with van der Waals surface area (Å²) in [4.78, 5) is 12.0. The van der Waals surface area contributed by atoms with Gasteiger partial charge in [0.15, 0.2) is 0 Å². The fourth-order valence-corrected chi connectivity index (χ4v) is 2.88. The summed E-state index contributed by atoms with van der Waals surface area (Å²) in [5.41, 5.74) is 1.12. The summed E-state index contributed by atoms with van der Waals surface area (Å²) >= 11 is 0. The molecule has 1 aliphatic carbocycles. The van der Waals surface area contributed by atoms with Gasteiger partial charge in [0.05, 0.1) is 7.11 Å². The third-order valence-electron chi connectivity index (χ3n) is 4.24. The smallest absolute Gasteiger partial charge is 0.220 e. The molecule has 116 valence electrons. The maximum absolute atomic E-state index is 12.0. The van der Waals surface area contributed by atoms with Crippen LogP contribution in [0.5, 0.6) is 5.75 Å². The number of rotatable bonds is 6. The van der Waals surface area contributed by atoms with E-state index in [0.29, 0.717) is 12.3 Å². The van der Waals surface area contributed by atoms with Gasteiger partial charge in [-0.2, -0.15) is 0 Å². The second-order valence-corrected chi connectivity index (χ2v) is 5.82. The van der Waals surface area contributed by atoms with Gasteiger partial charge < -0.3 is 15.2 Å². The highest BCUT2D eigenvalue weighted by atomic mass is 16.5. The summed E-state index contributed by atoms with van der Waals surface area (Å²) in [5, 5.41) is 12.2. The molecule has 0 atom stereocenters. The Morgan fingerprint density at radius 1 is 1.33 bits per heavy atom. The van der Waals surface area contributed by atoms with E-state index in [-0.39, 0.29) is 18.6 Å². The molecule has 1 aliphatic rings. The minimum absolute atomic E-state index is 0.116. The number of ether oxygens (including phenoxy) is 1. The normalized spacial score (nSPS) is 21.8. The number of amides is 1. The molecule has 4 heteroatoms. The molecule has 1 fully saturated rings. The third-order valence-corrected chi connectivity index (χ3v) is 4.24. The minimum Gasteiger partial charge on any atom is -0.497 e. The van der Waals surface area contributed by atoms with Crippen LogP contribution in [-0.2, 0) is 11.2 Å². The maximum atomic E-state index is 12.0. The number of aliphatic hydroxyl groups excluding tert-OH is 1. The molecule has 0 unspecified atom stereocenters. The minimum atomic E-state index is 0.116. The van der Waals surface area contributed by atoms with Crippen LogP contribution in [0.3, 0.4) is 0 Å². The van der Waals surface area contributed by atoms with Crippen LogP contribution in [-0.4, -0.2) is 30.8 Å². The first-order valence-electron chi connectivity index (χ1n) is 7.74. The van der Waals surface area contributed by atoms with Crippen LogP contribution >= 0.6 is 0 Å². The number of methoxy groups -OCH3 is 1. The first-order chi connectivity index (χ1) is 10.2. The first kappa shape index (κ1) is 15.8. The van der Waals surface area contributed by atoms with E-state index in [2.05, 4.69) is 5.32 Å². The van der Waals surface area contributed by atoms with E-state index in [1.165, 1.54) is 0 Å². The lowest BCUT2D eigenvalue weighted by Crippen LogP contribution is -2.38. The molecule has 1 saturated carbocycles. The lowest BCUT2D eigenvalue weighted by atomic mass is 9.86. The van der Waals surface area contributed by atoms with Gasteiger partial charge in [0.2, 0.25) is 5.91 Å². The van der Waals surface area contributed by atoms with E-state index in [9.17, 15) is 4.79 Å². The molecule has 0 heterocycles. The van der Waals surface area contributed by atoms with Crippen LogP contribution in [0, 0.1) is 5.92 Å². The Hall–Kier alpha value is -1.55. The number of aliphatic hydroxyl groups is 1. The second kappa shape index (κ2) is 8.03. The summed E-state index contributed by atoms with van der Waals surface area (Å²) in [6, 6.07) is 8.12. The molecule has 1 aromatic carbocycles. The summed E-state index contributed by atoms with van der Waals surface area (Å²) in [6.07, 6.45) is 5.23. The van der Waals surface area contributed by atoms with E-state index in [1.54, 1.807) is 7.11 Å². The quantitative estimate of drug-likeness (QED) is 0.845. The van der Waals surface area contributed by atoms with Crippen LogP contribution in [0.15, 0.2) is 24.3 Å². The SMILES string of the molecule is COc1cccc(CCC(=O)NC2CCC(CO)CC2)c1. The molecule has 0 saturated heterocycles. The molecule has 2 N–H and O–H groups in total. The third kappa shape index (κ3) is 5.05. The van der Waals surface area contributed by atoms with Gasteiger partial charge in [0, 0.05) is 19.1 Å². The lowest BCUT2D eigenvalue weighted by molar-refractivity contribution is -0.122. The lowest BCUT2D eigenvalue weighted by Gasteiger charge is -2.27. The topological polar surface area (TPSA) is 58.6 Å². The number of carbonyl (C=O) groups excluding carboxylic acids is 1. The molecule has 1 amide bonds. The maximum Gasteiger partial charge on any atom is 0.220 e. The van der Waals surface area contributed by atoms with Gasteiger partial charge in [-0.1, -0.05) is 12.1 Å². The standard InChI is InChI=1S/C17H25NO3/c1-21-16-4-2-3-13(11-16)7-10-17(20)18-15-8-5-14(12-19)6-9-15/h2-4,11,14-15,19H,5-10,12H2,1H3,(H,18,20). The van der Waals surface area contributed by atoms with Crippen molar-refractivity contribution in [1.29, 1.82) is 0 Å². The number of hydrogen-bond donors (Lipinski definition) is 2. The van der Waals surface area contributed by atoms with Gasteiger partial charge in [-0.05, 0) is 55.7 Å². The van der Waals surface area contributed by atoms with Crippen LogP contribution < -0.4 is 10.1 Å². The number of hydrogen-bond acceptors (Lipinski definition) is 3. The zero-order valence-electron chi connectivity index (χ0n) is 12.7. The van der Waals surface area contributed by atoms with Crippen molar-refractivity contribution < 1.29 is 14.6 Å². The molecular formula is C17H25NO3. The zero-order valence-corrected chi connectivity index (χ0v) is 12.7. The van der Waals surface area contributed by atoms with Crippen molar-refractivity contribution in [2.75, 3.05) is 13.7 Å². The van der Waals surface area contributed by atoms with E-state index in [1.807, 2.05) is 24.3 Å². The first-order valence-corrected chi connectivity index (χ1v) is 7.74. The van der Waals surface area contributed by atoms with Crippen molar-refractivity contribution in [1.82, 2.24) is 5.32 Å². The molecule has 21 heavy (non-hydrogen) atoms. The van der Waals surface area contributed by atoms with Crippen LogP contribution in [0.1, 0.15) is 37.7 Å². The van der Waals surface area contributed by atoms with Crippen molar-refractivity contribution in [2.45, 2.75) is 44.6 Å². The Labute approximate surface area is 126 Å². The predicted octanol–water partition coefficient (Wildman–Crippen LogP) is 2.30. The van der Waals surface area contributed by atoms with Gasteiger partial charge in [-0.15, -0.1) is 0 Å². The van der Waals surface area contributed by atoms with Gasteiger partial charge >= 0.3 is 0 Å². The van der Waals surface area contributed by atoms with Crippen LogP contribution in [0.2, 0.25) is 0 Å². The van der Waals surface area contributed by atoms with E-state index in [4.69, 9.17) is 9.84 Å². The number of nitrogens with one attached hydrogen (secondary N) is 1. The van der Waals surface area contributed by atoms with Crippen molar-refractivity contribution in [3.63, 3.8) is 0 Å². The van der Waals surface area contributed by atoms with Gasteiger partial charge in [0.25, 0.3) is 0 Å². The summed E-state index contributed by atoms with van der Waals surface area (Å²) < 4.78 is 5.18. The Balaban J connectivity index is 1.72. The monoisotopic (exact) mass is 291 g/mol. The number of carbonyl (C=O) groups is 1. The average molecular weight is 291 g/mol. The molecule has 0 aliphatic heterocycles. The van der Waals surface area contributed by atoms with Crippen molar-refractivity contribution >= 4 is 5.91 Å². The highest BCUT2D eigenvalue weighted by molar-refractivity contribution is 5.76. The largest absolute Gasteiger partial charge is 0.497 e. The molecule has 1 aromatic rings. The van der Waals surface area contributed by atoms with E-state index >= 15 is 0 Å². The van der Waals surface area contributed by atoms with Gasteiger partial charge in [-0.3, -0.25) is 4.79 Å². The summed E-state index contributed by atoms with van der Waals surface area (Å²) in [5.74, 6) is 1.37. The number of benzene rings is 1. The van der Waals surface area contributed by atoms with Crippen molar-refractivity contribution in [3.8, 4) is 5.75 Å². The van der Waals surface area contributed by atoms with Crippen molar-refractivity contribution in [2.24, 2.45) is 5.92 Å². The molecule has 4 nitrogen and oxygen atoms in total. The molecule has 0 aromatic heterocycles. The fraction of sp³-hybridized carbons (Fsp3) is 0.588. The second-order valence-electron chi connectivity index (χ2n) is 5.82. The predicted molar refractivity (Wildman–Crippen MR) is 82.3 cm³/mol. The molecule has 2 rings (SSSR count). The van der Waals surface area contributed by atoms with Crippen LogP contribution in [0.25, 0.3) is 0 Å². The van der Waals surface area contributed by atoms with E-state index in [0.717, 1.165) is 43.4 Å². The Kier molecular flexibility index (Phi) is 6.05.